The van der Waals surface area contributed by atoms with Gasteiger partial charge in [-0.1, -0.05) is 11.6 Å². The van der Waals surface area contributed by atoms with Crippen molar-refractivity contribution in [2.75, 3.05) is 0 Å². The fourth-order valence-electron chi connectivity index (χ4n) is 1.57. The lowest BCUT2D eigenvalue weighted by Gasteiger charge is -2.11. The zero-order chi connectivity index (χ0) is 12.4. The third-order valence-electron chi connectivity index (χ3n) is 2.42. The molecule has 0 aliphatic rings. The van der Waals surface area contributed by atoms with Gasteiger partial charge in [0, 0.05) is 11.1 Å². The third-order valence-corrected chi connectivity index (χ3v) is 3.36. The zero-order valence-electron chi connectivity index (χ0n) is 8.67. The Morgan fingerprint density at radius 1 is 1.41 bits per heavy atom. The molecule has 0 saturated carbocycles. The van der Waals surface area contributed by atoms with E-state index in [2.05, 4.69) is 0 Å². The van der Waals surface area contributed by atoms with Crippen LogP contribution in [0.2, 0.25) is 5.02 Å². The van der Waals surface area contributed by atoms with Crippen LogP contribution in [0.25, 0.3) is 0 Å². The summed E-state index contributed by atoms with van der Waals surface area (Å²) in [5.41, 5.74) is 7.28. The molecular weight excluding hydrogens is 260 g/mol. The molecule has 1 aromatic carbocycles. The fourth-order valence-corrected chi connectivity index (χ4v) is 2.45. The van der Waals surface area contributed by atoms with Crippen LogP contribution in [0.1, 0.15) is 17.2 Å². The van der Waals surface area contributed by atoms with Crippen LogP contribution in [0.3, 0.4) is 0 Å². The molecule has 88 valence electrons. The van der Waals surface area contributed by atoms with Gasteiger partial charge in [-0.15, -0.1) is 0 Å². The van der Waals surface area contributed by atoms with E-state index in [9.17, 15) is 10.1 Å². The molecule has 0 unspecified atom stereocenters. The van der Waals surface area contributed by atoms with Gasteiger partial charge in [0.1, 0.15) is 0 Å². The van der Waals surface area contributed by atoms with E-state index in [1.807, 2.05) is 16.8 Å². The van der Waals surface area contributed by atoms with E-state index in [1.54, 1.807) is 6.07 Å². The number of thiophene rings is 1. The molecular formula is C11H9ClN2O2S. The van der Waals surface area contributed by atoms with E-state index in [1.165, 1.54) is 23.5 Å². The maximum Gasteiger partial charge on any atom is 0.274 e. The summed E-state index contributed by atoms with van der Waals surface area (Å²) in [6.45, 7) is 0. The number of hydrogen-bond donors (Lipinski definition) is 1. The average Bonchev–Trinajstić information content (AvgIpc) is 2.80. The Bertz CT molecular complexity index is 542. The van der Waals surface area contributed by atoms with Gasteiger partial charge in [0.2, 0.25) is 0 Å². The van der Waals surface area contributed by atoms with E-state index in [-0.39, 0.29) is 5.69 Å². The van der Waals surface area contributed by atoms with Crippen LogP contribution in [-0.4, -0.2) is 4.92 Å². The van der Waals surface area contributed by atoms with Gasteiger partial charge in [-0.3, -0.25) is 10.1 Å². The van der Waals surface area contributed by atoms with Gasteiger partial charge >= 0.3 is 0 Å². The van der Waals surface area contributed by atoms with Crippen molar-refractivity contribution in [2.24, 2.45) is 5.73 Å². The van der Waals surface area contributed by atoms with Crippen LogP contribution < -0.4 is 5.73 Å². The summed E-state index contributed by atoms with van der Waals surface area (Å²) >= 11 is 7.35. The minimum Gasteiger partial charge on any atom is -0.320 e. The molecule has 2 N–H and O–H groups in total. The second-order valence-corrected chi connectivity index (χ2v) is 4.71. The zero-order valence-corrected chi connectivity index (χ0v) is 10.2. The summed E-state index contributed by atoms with van der Waals surface area (Å²) in [5, 5.41) is 15.1. The highest BCUT2D eigenvalue weighted by Gasteiger charge is 2.21. The van der Waals surface area contributed by atoms with Gasteiger partial charge in [0.25, 0.3) is 5.69 Å². The number of nitrogens with two attached hydrogens (primary N) is 1. The van der Waals surface area contributed by atoms with Crippen molar-refractivity contribution in [3.63, 3.8) is 0 Å². The smallest absolute Gasteiger partial charge is 0.274 e. The maximum absolute atomic E-state index is 10.9. The highest BCUT2D eigenvalue weighted by Crippen LogP contribution is 2.31. The third kappa shape index (κ3) is 2.46. The Morgan fingerprint density at radius 3 is 2.76 bits per heavy atom. The lowest BCUT2D eigenvalue weighted by molar-refractivity contribution is -0.385. The molecule has 0 saturated heterocycles. The molecule has 1 heterocycles. The van der Waals surface area contributed by atoms with Gasteiger partial charge in [-0.25, -0.2) is 0 Å². The molecule has 1 atom stereocenters. The van der Waals surface area contributed by atoms with Crippen molar-refractivity contribution in [3.05, 3.63) is 61.3 Å². The molecule has 1 aromatic heterocycles. The highest BCUT2D eigenvalue weighted by molar-refractivity contribution is 7.08. The first-order valence-electron chi connectivity index (χ1n) is 4.81. The molecule has 4 nitrogen and oxygen atoms in total. The molecule has 0 aliphatic heterocycles. The molecule has 0 fully saturated rings. The summed E-state index contributed by atoms with van der Waals surface area (Å²) in [6, 6.07) is 5.73. The molecule has 17 heavy (non-hydrogen) atoms. The van der Waals surface area contributed by atoms with Gasteiger partial charge in [0.15, 0.2) is 0 Å². The second kappa shape index (κ2) is 4.83. The number of nitro benzene ring substituents is 1. The van der Waals surface area contributed by atoms with Gasteiger partial charge < -0.3 is 5.73 Å². The first kappa shape index (κ1) is 12.0. The summed E-state index contributed by atoms with van der Waals surface area (Å²) in [5.74, 6) is 0. The maximum atomic E-state index is 10.9. The Hall–Kier alpha value is -1.43. The molecule has 6 heteroatoms. The highest BCUT2D eigenvalue weighted by atomic mass is 35.5. The van der Waals surface area contributed by atoms with Crippen LogP contribution in [0.15, 0.2) is 35.0 Å². The van der Waals surface area contributed by atoms with Gasteiger partial charge in [-0.05, 0) is 34.5 Å². The Balaban J connectivity index is 2.50. The number of rotatable bonds is 3. The molecule has 2 rings (SSSR count). The molecule has 0 bridgehead atoms. The minimum absolute atomic E-state index is 0.00639. The summed E-state index contributed by atoms with van der Waals surface area (Å²) in [7, 11) is 0. The summed E-state index contributed by atoms with van der Waals surface area (Å²) < 4.78 is 0. The van der Waals surface area contributed by atoms with Crippen LogP contribution >= 0.6 is 22.9 Å². The van der Waals surface area contributed by atoms with E-state index in [4.69, 9.17) is 17.3 Å². The van der Waals surface area contributed by atoms with Gasteiger partial charge in [0.05, 0.1) is 16.5 Å². The molecule has 0 radical (unpaired) electrons. The first-order valence-corrected chi connectivity index (χ1v) is 6.13. The van der Waals surface area contributed by atoms with Crippen LogP contribution in [-0.2, 0) is 0 Å². The minimum atomic E-state index is -0.527. The van der Waals surface area contributed by atoms with E-state index < -0.39 is 11.0 Å². The topological polar surface area (TPSA) is 69.2 Å². The Kier molecular flexibility index (Phi) is 3.42. The monoisotopic (exact) mass is 268 g/mol. The fraction of sp³-hybridized carbons (Fsp3) is 0.0909. The quantitative estimate of drug-likeness (QED) is 0.685. The number of nitrogens with zero attached hydrogens (tertiary/aromatic N) is 1. The second-order valence-electron chi connectivity index (χ2n) is 3.49. The SMILES string of the molecule is N[C@@H](c1ccsc1)c1cc(Cl)ccc1[N+](=O)[O-]. The number of benzene rings is 1. The normalized spacial score (nSPS) is 12.4. The van der Waals surface area contributed by atoms with E-state index in [0.29, 0.717) is 10.6 Å². The van der Waals surface area contributed by atoms with Crippen molar-refractivity contribution >= 4 is 28.6 Å². The summed E-state index contributed by atoms with van der Waals surface area (Å²) in [6.07, 6.45) is 0. The standard InChI is InChI=1S/C11H9ClN2O2S/c12-8-1-2-10(14(15)16)9(5-8)11(13)7-3-4-17-6-7/h1-6,11H,13H2/t11-/m0/s1. The lowest BCUT2D eigenvalue weighted by atomic mass is 10.0. The Morgan fingerprint density at radius 2 is 2.18 bits per heavy atom. The predicted octanol–water partition coefficient (Wildman–Crippen LogP) is 3.36. The van der Waals surface area contributed by atoms with Crippen molar-refractivity contribution in [1.29, 1.82) is 0 Å². The molecule has 0 amide bonds. The molecule has 0 spiro atoms. The Labute approximate surface area is 107 Å². The summed E-state index contributed by atoms with van der Waals surface area (Å²) in [4.78, 5) is 10.5. The number of hydrogen-bond acceptors (Lipinski definition) is 4. The number of halogens is 1. The first-order chi connectivity index (χ1) is 8.09. The van der Waals surface area contributed by atoms with Crippen LogP contribution in [0.5, 0.6) is 0 Å². The lowest BCUT2D eigenvalue weighted by Crippen LogP contribution is -2.13. The average molecular weight is 269 g/mol. The van der Waals surface area contributed by atoms with Gasteiger partial charge in [-0.2, -0.15) is 11.3 Å². The predicted molar refractivity (Wildman–Crippen MR) is 68.5 cm³/mol. The van der Waals surface area contributed by atoms with Crippen LogP contribution in [0, 0.1) is 10.1 Å². The van der Waals surface area contributed by atoms with Crippen LogP contribution in [0.4, 0.5) is 5.69 Å². The van der Waals surface area contributed by atoms with E-state index in [0.717, 1.165) is 5.56 Å². The molecule has 2 aromatic rings. The van der Waals surface area contributed by atoms with E-state index >= 15 is 0 Å². The molecule has 0 aliphatic carbocycles. The largest absolute Gasteiger partial charge is 0.320 e. The van der Waals surface area contributed by atoms with Crippen molar-refractivity contribution in [3.8, 4) is 0 Å². The number of nitro groups is 1. The van der Waals surface area contributed by atoms with Crippen molar-refractivity contribution < 1.29 is 4.92 Å². The van der Waals surface area contributed by atoms with Crippen molar-refractivity contribution in [2.45, 2.75) is 6.04 Å². The van der Waals surface area contributed by atoms with Crippen molar-refractivity contribution in [1.82, 2.24) is 0 Å².